The molecule has 5 nitrogen and oxygen atoms in total. The Morgan fingerprint density at radius 1 is 1.20 bits per heavy atom. The van der Waals surface area contributed by atoms with Crippen molar-refractivity contribution in [1.29, 1.82) is 0 Å². The predicted octanol–water partition coefficient (Wildman–Crippen LogP) is 2.65. The lowest BCUT2D eigenvalue weighted by Crippen LogP contribution is -2.32. The van der Waals surface area contributed by atoms with Crippen molar-refractivity contribution in [3.05, 3.63) is 47.0 Å². The number of rotatable bonds is 7. The molecule has 1 aliphatic carbocycles. The van der Waals surface area contributed by atoms with Crippen LogP contribution in [-0.4, -0.2) is 35.3 Å². The summed E-state index contributed by atoms with van der Waals surface area (Å²) in [6.07, 6.45) is 3.86. The molecule has 25 heavy (non-hydrogen) atoms. The number of aromatic nitrogens is 2. The number of carbonyl (C=O) groups excluding carboxylic acids is 1. The maximum absolute atomic E-state index is 13.1. The first-order valence-electron chi connectivity index (χ1n) is 8.56. The third-order valence-corrected chi connectivity index (χ3v) is 4.23. The van der Waals surface area contributed by atoms with Gasteiger partial charge >= 0.3 is 0 Å². The van der Waals surface area contributed by atoms with E-state index in [0.29, 0.717) is 12.2 Å². The zero-order valence-electron chi connectivity index (χ0n) is 14.3. The Kier molecular flexibility index (Phi) is 6.96. The fourth-order valence-corrected chi connectivity index (χ4v) is 3.07. The van der Waals surface area contributed by atoms with Crippen molar-refractivity contribution in [2.45, 2.75) is 32.6 Å². The number of nitrogens with zero attached hydrogens (tertiary/aromatic N) is 2. The lowest BCUT2D eigenvalue weighted by molar-refractivity contribution is 0.0947. The zero-order valence-corrected chi connectivity index (χ0v) is 15.2. The summed E-state index contributed by atoms with van der Waals surface area (Å²) in [7, 11) is 0. The number of nitrogens with one attached hydrogen (secondary N) is 2. The molecule has 0 bridgehead atoms. The molecule has 0 saturated heterocycles. The number of hydrogen-bond acceptors (Lipinski definition) is 3. The van der Waals surface area contributed by atoms with Gasteiger partial charge in [0.1, 0.15) is 5.82 Å². The van der Waals surface area contributed by atoms with E-state index in [9.17, 15) is 9.18 Å². The Balaban J connectivity index is 0.00000225. The lowest BCUT2D eigenvalue weighted by atomic mass is 10.2. The van der Waals surface area contributed by atoms with Crippen LogP contribution in [-0.2, 0) is 12.8 Å². The fraction of sp³-hybridized carbons (Fsp3) is 0.444. The molecule has 1 heterocycles. The van der Waals surface area contributed by atoms with Gasteiger partial charge in [0.05, 0.1) is 5.69 Å². The van der Waals surface area contributed by atoms with Gasteiger partial charge in [-0.15, -0.1) is 12.4 Å². The molecular formula is C18H24ClFN4O. The monoisotopic (exact) mass is 366 g/mol. The van der Waals surface area contributed by atoms with Crippen LogP contribution in [0.15, 0.2) is 24.3 Å². The van der Waals surface area contributed by atoms with Gasteiger partial charge in [0.15, 0.2) is 5.69 Å². The fourth-order valence-electron chi connectivity index (χ4n) is 3.07. The van der Waals surface area contributed by atoms with Gasteiger partial charge in [0.25, 0.3) is 5.91 Å². The molecular weight excluding hydrogens is 343 g/mol. The molecule has 0 spiro atoms. The molecule has 0 atom stereocenters. The van der Waals surface area contributed by atoms with Gasteiger partial charge in [-0.05, 0) is 56.5 Å². The molecule has 3 rings (SSSR count). The summed E-state index contributed by atoms with van der Waals surface area (Å²) in [6.45, 7) is 4.39. The molecule has 0 aliphatic heterocycles. The summed E-state index contributed by atoms with van der Waals surface area (Å²) in [5.74, 6) is -0.410. The first-order valence-corrected chi connectivity index (χ1v) is 8.56. The zero-order chi connectivity index (χ0) is 16.9. The Hall–Kier alpha value is -1.92. The van der Waals surface area contributed by atoms with Crippen LogP contribution >= 0.6 is 12.4 Å². The molecule has 0 fully saturated rings. The summed E-state index contributed by atoms with van der Waals surface area (Å²) in [6, 6.07) is 6.21. The summed E-state index contributed by atoms with van der Waals surface area (Å²) >= 11 is 0. The van der Waals surface area contributed by atoms with E-state index in [1.54, 1.807) is 16.8 Å². The Morgan fingerprint density at radius 3 is 2.68 bits per heavy atom. The second kappa shape index (κ2) is 8.97. The van der Waals surface area contributed by atoms with Crippen LogP contribution in [0.5, 0.6) is 0 Å². The van der Waals surface area contributed by atoms with Crippen LogP contribution in [0.4, 0.5) is 4.39 Å². The van der Waals surface area contributed by atoms with Crippen molar-refractivity contribution in [2.75, 3.05) is 19.6 Å². The third-order valence-electron chi connectivity index (χ3n) is 4.23. The van der Waals surface area contributed by atoms with Crippen LogP contribution in [0.2, 0.25) is 0 Å². The van der Waals surface area contributed by atoms with Crippen molar-refractivity contribution >= 4 is 18.3 Å². The lowest BCUT2D eigenvalue weighted by Gasteiger charge is -2.06. The summed E-state index contributed by atoms with van der Waals surface area (Å²) in [5.41, 5.74) is 3.38. The van der Waals surface area contributed by atoms with Gasteiger partial charge in [-0.2, -0.15) is 5.10 Å². The molecule has 0 saturated carbocycles. The summed E-state index contributed by atoms with van der Waals surface area (Å²) < 4.78 is 14.9. The minimum absolute atomic E-state index is 0. The molecule has 7 heteroatoms. The van der Waals surface area contributed by atoms with E-state index in [1.807, 2.05) is 0 Å². The van der Waals surface area contributed by atoms with E-state index < -0.39 is 0 Å². The molecule has 1 aromatic heterocycles. The molecule has 1 aliphatic rings. The number of halogens is 2. The predicted molar refractivity (Wildman–Crippen MR) is 98.3 cm³/mol. The van der Waals surface area contributed by atoms with Crippen molar-refractivity contribution < 1.29 is 9.18 Å². The maximum atomic E-state index is 13.1. The summed E-state index contributed by atoms with van der Waals surface area (Å²) in [5, 5.41) is 10.7. The maximum Gasteiger partial charge on any atom is 0.272 e. The minimum Gasteiger partial charge on any atom is -0.349 e. The standard InChI is InChI=1S/C18H23FN4O.ClH/c1-2-10-20-11-12-21-18(24)17-15-4-3-5-16(15)23(22-17)14-8-6-13(19)7-9-14;/h6-9,20H,2-5,10-12H2,1H3,(H,21,24);1H. The molecule has 0 radical (unpaired) electrons. The molecule has 1 amide bonds. The number of fused-ring (bicyclic) bond motifs is 1. The van der Waals surface area contributed by atoms with Crippen LogP contribution in [0.1, 0.15) is 41.5 Å². The van der Waals surface area contributed by atoms with E-state index in [4.69, 9.17) is 0 Å². The quantitative estimate of drug-likeness (QED) is 0.741. The third kappa shape index (κ3) is 4.38. The highest BCUT2D eigenvalue weighted by atomic mass is 35.5. The number of amides is 1. The van der Waals surface area contributed by atoms with E-state index in [-0.39, 0.29) is 24.1 Å². The highest BCUT2D eigenvalue weighted by Gasteiger charge is 2.26. The first-order chi connectivity index (χ1) is 11.7. The Bertz CT molecular complexity index is 715. The van der Waals surface area contributed by atoms with Crippen LogP contribution in [0.25, 0.3) is 5.69 Å². The highest BCUT2D eigenvalue weighted by molar-refractivity contribution is 5.94. The van der Waals surface area contributed by atoms with Crippen molar-refractivity contribution in [1.82, 2.24) is 20.4 Å². The second-order valence-electron chi connectivity index (χ2n) is 6.02. The van der Waals surface area contributed by atoms with Gasteiger partial charge in [-0.25, -0.2) is 9.07 Å². The van der Waals surface area contributed by atoms with Gasteiger partial charge < -0.3 is 10.6 Å². The van der Waals surface area contributed by atoms with E-state index in [0.717, 1.165) is 55.7 Å². The van der Waals surface area contributed by atoms with Crippen molar-refractivity contribution in [2.24, 2.45) is 0 Å². The smallest absolute Gasteiger partial charge is 0.272 e. The Labute approximate surface area is 153 Å². The topological polar surface area (TPSA) is 58.9 Å². The van der Waals surface area contributed by atoms with Gasteiger partial charge in [0, 0.05) is 24.3 Å². The number of benzene rings is 1. The SMILES string of the molecule is CCCNCCNC(=O)c1nn(-c2ccc(F)cc2)c2c1CCC2.Cl. The molecule has 0 unspecified atom stereocenters. The second-order valence-corrected chi connectivity index (χ2v) is 6.02. The van der Waals surface area contributed by atoms with Gasteiger partial charge in [0.2, 0.25) is 0 Å². The largest absolute Gasteiger partial charge is 0.349 e. The van der Waals surface area contributed by atoms with E-state index >= 15 is 0 Å². The van der Waals surface area contributed by atoms with Crippen molar-refractivity contribution in [3.63, 3.8) is 0 Å². The molecule has 136 valence electrons. The van der Waals surface area contributed by atoms with E-state index in [1.165, 1.54) is 12.1 Å². The van der Waals surface area contributed by atoms with Gasteiger partial charge in [-0.1, -0.05) is 6.92 Å². The van der Waals surface area contributed by atoms with Crippen LogP contribution < -0.4 is 10.6 Å². The van der Waals surface area contributed by atoms with E-state index in [2.05, 4.69) is 22.7 Å². The number of hydrogen-bond donors (Lipinski definition) is 2. The summed E-state index contributed by atoms with van der Waals surface area (Å²) in [4.78, 5) is 12.5. The molecule has 1 aromatic carbocycles. The van der Waals surface area contributed by atoms with Gasteiger partial charge in [-0.3, -0.25) is 4.79 Å². The minimum atomic E-state index is -0.278. The normalized spacial score (nSPS) is 12.6. The average Bonchev–Trinajstić information content (AvgIpc) is 3.18. The first kappa shape index (κ1) is 19.4. The Morgan fingerprint density at radius 2 is 1.96 bits per heavy atom. The molecule has 2 aromatic rings. The average molecular weight is 367 g/mol. The number of carbonyl (C=O) groups is 1. The van der Waals surface area contributed by atoms with Crippen LogP contribution in [0, 0.1) is 5.82 Å². The molecule has 2 N–H and O–H groups in total. The van der Waals surface area contributed by atoms with Crippen LogP contribution in [0.3, 0.4) is 0 Å². The highest BCUT2D eigenvalue weighted by Crippen LogP contribution is 2.27. The van der Waals surface area contributed by atoms with Crippen molar-refractivity contribution in [3.8, 4) is 5.69 Å².